The van der Waals surface area contributed by atoms with Gasteiger partial charge in [0.1, 0.15) is 0 Å². The van der Waals surface area contributed by atoms with Gasteiger partial charge in [0.15, 0.2) is 0 Å². The van der Waals surface area contributed by atoms with Crippen LogP contribution in [0.2, 0.25) is 5.02 Å². The lowest BCUT2D eigenvalue weighted by Gasteiger charge is -2.12. The Kier molecular flexibility index (Phi) is 5.33. The molecule has 0 unspecified atom stereocenters. The maximum atomic E-state index is 12.6. The molecular weight excluding hydrogens is 390 g/mol. The van der Waals surface area contributed by atoms with E-state index >= 15 is 0 Å². The molecule has 4 rings (SSSR count). The average Bonchev–Trinajstić information content (AvgIpc) is 2.97. The monoisotopic (exact) mass is 405 g/mol. The van der Waals surface area contributed by atoms with Crippen LogP contribution in [0.3, 0.4) is 0 Å². The highest BCUT2D eigenvalue weighted by atomic mass is 35.5. The van der Waals surface area contributed by atoms with Crippen LogP contribution in [0.1, 0.15) is 11.1 Å². The molecule has 5 heteroatoms. The first kappa shape index (κ1) is 18.5. The number of amides is 2. The van der Waals surface area contributed by atoms with Gasteiger partial charge in [0.2, 0.25) is 0 Å². The highest BCUT2D eigenvalue weighted by Gasteiger charge is 2.34. The molecular formula is C23H16ClNO2S. The molecule has 0 spiro atoms. The molecule has 0 aliphatic carbocycles. The van der Waals surface area contributed by atoms with E-state index in [9.17, 15) is 9.59 Å². The molecule has 0 saturated carbocycles. The van der Waals surface area contributed by atoms with Crippen molar-refractivity contribution in [2.75, 3.05) is 0 Å². The summed E-state index contributed by atoms with van der Waals surface area (Å²) in [5, 5.41) is 0.462. The fourth-order valence-corrected chi connectivity index (χ4v) is 3.93. The van der Waals surface area contributed by atoms with Crippen LogP contribution in [0.4, 0.5) is 4.79 Å². The van der Waals surface area contributed by atoms with Gasteiger partial charge in [-0.2, -0.15) is 0 Å². The first-order chi connectivity index (χ1) is 13.6. The molecule has 0 atom stereocenters. The summed E-state index contributed by atoms with van der Waals surface area (Å²) in [7, 11) is 0. The molecule has 138 valence electrons. The van der Waals surface area contributed by atoms with Gasteiger partial charge < -0.3 is 0 Å². The Morgan fingerprint density at radius 2 is 1.43 bits per heavy atom. The van der Waals surface area contributed by atoms with E-state index in [1.165, 1.54) is 4.90 Å². The molecule has 28 heavy (non-hydrogen) atoms. The van der Waals surface area contributed by atoms with Gasteiger partial charge in [-0.3, -0.25) is 14.5 Å². The van der Waals surface area contributed by atoms with Crippen LogP contribution in [-0.4, -0.2) is 16.0 Å². The molecule has 3 nitrogen and oxygen atoms in total. The minimum absolute atomic E-state index is 0.238. The molecule has 1 fully saturated rings. The van der Waals surface area contributed by atoms with E-state index in [0.29, 0.717) is 16.5 Å². The fourth-order valence-electron chi connectivity index (χ4n) is 2.97. The molecule has 0 N–H and O–H groups in total. The van der Waals surface area contributed by atoms with E-state index in [4.69, 9.17) is 11.6 Å². The van der Waals surface area contributed by atoms with Crippen LogP contribution in [0.25, 0.3) is 17.2 Å². The lowest BCUT2D eigenvalue weighted by molar-refractivity contribution is -0.123. The molecule has 0 radical (unpaired) electrons. The van der Waals surface area contributed by atoms with E-state index in [1.807, 2.05) is 78.9 Å². The quantitative estimate of drug-likeness (QED) is 0.482. The van der Waals surface area contributed by atoms with Crippen LogP contribution in [0.15, 0.2) is 83.8 Å². The standard InChI is InChI=1S/C23H16ClNO2S/c24-20-12-10-19(11-13-20)18-8-6-16(7-9-18)14-21-22(26)25(23(27)28-21)15-17-4-2-1-3-5-17/h1-14H,15H2/b21-14-. The summed E-state index contributed by atoms with van der Waals surface area (Å²) in [6.07, 6.45) is 1.77. The number of carbonyl (C=O) groups excluding carboxylic acids is 2. The van der Waals surface area contributed by atoms with Crippen molar-refractivity contribution in [2.45, 2.75) is 6.54 Å². The number of imide groups is 1. The van der Waals surface area contributed by atoms with E-state index in [1.54, 1.807) is 6.08 Å². The second-order valence-corrected chi connectivity index (χ2v) is 7.81. The zero-order valence-electron chi connectivity index (χ0n) is 14.8. The van der Waals surface area contributed by atoms with Crippen molar-refractivity contribution in [3.05, 3.63) is 99.9 Å². The molecule has 1 saturated heterocycles. The number of hydrogen-bond acceptors (Lipinski definition) is 3. The topological polar surface area (TPSA) is 37.4 Å². The van der Waals surface area contributed by atoms with Crippen molar-refractivity contribution in [2.24, 2.45) is 0 Å². The van der Waals surface area contributed by atoms with Crippen LogP contribution in [-0.2, 0) is 11.3 Å². The zero-order valence-corrected chi connectivity index (χ0v) is 16.4. The number of halogens is 1. The van der Waals surface area contributed by atoms with E-state index < -0.39 is 0 Å². The van der Waals surface area contributed by atoms with Crippen molar-refractivity contribution >= 4 is 40.6 Å². The summed E-state index contributed by atoms with van der Waals surface area (Å²) < 4.78 is 0. The van der Waals surface area contributed by atoms with Gasteiger partial charge in [0, 0.05) is 5.02 Å². The van der Waals surface area contributed by atoms with Gasteiger partial charge in [-0.15, -0.1) is 0 Å². The number of carbonyl (C=O) groups is 2. The molecule has 1 aliphatic rings. The first-order valence-corrected chi connectivity index (χ1v) is 9.95. The Morgan fingerprint density at radius 3 is 2.07 bits per heavy atom. The summed E-state index contributed by atoms with van der Waals surface area (Å²) in [4.78, 5) is 26.7. The van der Waals surface area contributed by atoms with Crippen molar-refractivity contribution in [3.8, 4) is 11.1 Å². The summed E-state index contributed by atoms with van der Waals surface area (Å²) >= 11 is 6.92. The number of nitrogens with zero attached hydrogens (tertiary/aromatic N) is 1. The van der Waals surface area contributed by atoms with Gasteiger partial charge in [-0.1, -0.05) is 78.3 Å². The third kappa shape index (κ3) is 4.03. The lowest BCUT2D eigenvalue weighted by atomic mass is 10.0. The van der Waals surface area contributed by atoms with Crippen LogP contribution in [0.5, 0.6) is 0 Å². The Labute approximate surface area is 172 Å². The molecule has 1 aliphatic heterocycles. The predicted molar refractivity (Wildman–Crippen MR) is 115 cm³/mol. The Hall–Kier alpha value is -2.82. The van der Waals surface area contributed by atoms with Crippen LogP contribution >= 0.6 is 23.4 Å². The van der Waals surface area contributed by atoms with Gasteiger partial charge >= 0.3 is 0 Å². The van der Waals surface area contributed by atoms with Crippen molar-refractivity contribution < 1.29 is 9.59 Å². The molecule has 3 aromatic rings. The normalized spacial score (nSPS) is 15.5. The van der Waals surface area contributed by atoms with E-state index in [2.05, 4.69) is 0 Å². The molecule has 1 heterocycles. The Balaban J connectivity index is 1.51. The van der Waals surface area contributed by atoms with Gasteiger partial charge in [-0.25, -0.2) is 0 Å². The van der Waals surface area contributed by atoms with Gasteiger partial charge in [0.25, 0.3) is 11.1 Å². The first-order valence-electron chi connectivity index (χ1n) is 8.75. The summed E-state index contributed by atoms with van der Waals surface area (Å²) in [6.45, 7) is 0.290. The smallest absolute Gasteiger partial charge is 0.268 e. The maximum Gasteiger partial charge on any atom is 0.293 e. The third-order valence-corrected chi connectivity index (χ3v) is 5.60. The number of thioether (sulfide) groups is 1. The number of benzene rings is 3. The highest BCUT2D eigenvalue weighted by molar-refractivity contribution is 8.18. The van der Waals surface area contributed by atoms with Crippen molar-refractivity contribution in [1.82, 2.24) is 4.90 Å². The predicted octanol–water partition coefficient (Wildman–Crippen LogP) is 6.24. The SMILES string of the molecule is O=C1S/C(=C\c2ccc(-c3ccc(Cl)cc3)cc2)C(=O)N1Cc1ccccc1. The second-order valence-electron chi connectivity index (χ2n) is 6.38. The number of hydrogen-bond donors (Lipinski definition) is 0. The zero-order chi connectivity index (χ0) is 19.5. The van der Waals surface area contributed by atoms with Crippen LogP contribution < -0.4 is 0 Å². The highest BCUT2D eigenvalue weighted by Crippen LogP contribution is 2.33. The van der Waals surface area contributed by atoms with Gasteiger partial charge in [0.05, 0.1) is 11.4 Å². The lowest BCUT2D eigenvalue weighted by Crippen LogP contribution is -2.27. The molecule has 3 aromatic carbocycles. The molecule has 0 bridgehead atoms. The largest absolute Gasteiger partial charge is 0.293 e. The molecule has 0 aromatic heterocycles. The van der Waals surface area contributed by atoms with E-state index in [-0.39, 0.29) is 11.1 Å². The summed E-state index contributed by atoms with van der Waals surface area (Å²) in [5.74, 6) is -0.249. The average molecular weight is 406 g/mol. The van der Waals surface area contributed by atoms with Crippen molar-refractivity contribution in [1.29, 1.82) is 0 Å². The van der Waals surface area contributed by atoms with E-state index in [0.717, 1.165) is 34.0 Å². The van der Waals surface area contributed by atoms with Crippen molar-refractivity contribution in [3.63, 3.8) is 0 Å². The fraction of sp³-hybridized carbons (Fsp3) is 0.0435. The Bertz CT molecular complexity index is 1040. The van der Waals surface area contributed by atoms with Gasteiger partial charge in [-0.05, 0) is 52.2 Å². The van der Waals surface area contributed by atoms with Crippen LogP contribution in [0, 0.1) is 0 Å². The molecule has 2 amide bonds. The minimum atomic E-state index is -0.249. The number of rotatable bonds is 4. The maximum absolute atomic E-state index is 12.6. The summed E-state index contributed by atoms with van der Waals surface area (Å²) in [6, 6.07) is 25.0. The third-order valence-electron chi connectivity index (χ3n) is 4.44. The second kappa shape index (κ2) is 8.05. The minimum Gasteiger partial charge on any atom is -0.268 e. The Morgan fingerprint density at radius 1 is 0.821 bits per heavy atom. The summed E-state index contributed by atoms with van der Waals surface area (Å²) in [5.41, 5.74) is 3.94.